The highest BCUT2D eigenvalue weighted by Gasteiger charge is 2.41. The van der Waals surface area contributed by atoms with Crippen LogP contribution in [0.5, 0.6) is 0 Å². The minimum atomic E-state index is -0.238. The van der Waals surface area contributed by atoms with Crippen LogP contribution in [0.1, 0.15) is 33.0 Å². The van der Waals surface area contributed by atoms with Crippen LogP contribution < -0.4 is 5.32 Å². The first-order valence-corrected chi connectivity index (χ1v) is 7.13. The van der Waals surface area contributed by atoms with E-state index in [0.717, 1.165) is 39.0 Å². The Hall–Kier alpha value is -0.910. The maximum atomic E-state index is 11.6. The van der Waals surface area contributed by atoms with Gasteiger partial charge in [0.25, 0.3) is 0 Å². The van der Waals surface area contributed by atoms with Gasteiger partial charge in [0.2, 0.25) is 0 Å². The minimum absolute atomic E-state index is 0.157. The first-order chi connectivity index (χ1) is 8.75. The summed E-state index contributed by atoms with van der Waals surface area (Å²) >= 11 is 1.55. The zero-order valence-electron chi connectivity index (χ0n) is 10.5. The number of carbonyl (C=O) groups excluding carboxylic acids is 1. The van der Waals surface area contributed by atoms with Crippen molar-refractivity contribution < 1.29 is 14.3 Å². The first-order valence-electron chi connectivity index (χ1n) is 6.31. The van der Waals surface area contributed by atoms with E-state index in [0.29, 0.717) is 4.88 Å². The number of hydrogen-bond donors (Lipinski definition) is 1. The van der Waals surface area contributed by atoms with Crippen LogP contribution in [-0.2, 0) is 21.5 Å². The average Bonchev–Trinajstić information content (AvgIpc) is 2.85. The molecule has 0 amide bonds. The highest BCUT2D eigenvalue weighted by molar-refractivity contribution is 7.14. The lowest BCUT2D eigenvalue weighted by molar-refractivity contribution is -0.0771. The van der Waals surface area contributed by atoms with E-state index in [1.165, 1.54) is 17.6 Å². The van der Waals surface area contributed by atoms with Gasteiger partial charge in [-0.25, -0.2) is 4.79 Å². The Labute approximate surface area is 110 Å². The Morgan fingerprint density at radius 3 is 3.00 bits per heavy atom. The highest BCUT2D eigenvalue weighted by atomic mass is 32.1. The minimum Gasteiger partial charge on any atom is -0.465 e. The molecule has 0 atom stereocenters. The van der Waals surface area contributed by atoms with E-state index in [4.69, 9.17) is 9.47 Å². The molecule has 1 N–H and O–H groups in total. The third-order valence-electron chi connectivity index (χ3n) is 3.77. The second-order valence-electron chi connectivity index (χ2n) is 4.80. The Bertz CT molecular complexity index is 463. The van der Waals surface area contributed by atoms with Crippen molar-refractivity contribution in [3.63, 3.8) is 0 Å². The zero-order chi connectivity index (χ0) is 12.6. The van der Waals surface area contributed by atoms with E-state index in [1.807, 2.05) is 6.07 Å². The van der Waals surface area contributed by atoms with Gasteiger partial charge in [0.15, 0.2) is 0 Å². The van der Waals surface area contributed by atoms with E-state index < -0.39 is 0 Å². The van der Waals surface area contributed by atoms with Gasteiger partial charge in [-0.3, -0.25) is 0 Å². The predicted octanol–water partition coefficient (Wildman–Crippen LogP) is 1.69. The zero-order valence-corrected chi connectivity index (χ0v) is 11.3. The van der Waals surface area contributed by atoms with E-state index >= 15 is 0 Å². The monoisotopic (exact) mass is 267 g/mol. The standard InChI is InChI=1S/C13H17NO3S/c1-16-12(15)10-8-9-2-7-17-13(11(9)18-10)3-5-14-6-4-13/h8,14H,2-7H2,1H3. The molecule has 4 nitrogen and oxygen atoms in total. The molecule has 1 fully saturated rings. The number of ether oxygens (including phenoxy) is 2. The summed E-state index contributed by atoms with van der Waals surface area (Å²) in [6.07, 6.45) is 2.88. The fourth-order valence-electron chi connectivity index (χ4n) is 2.83. The Kier molecular flexibility index (Phi) is 3.13. The Morgan fingerprint density at radius 1 is 1.50 bits per heavy atom. The molecule has 0 aliphatic carbocycles. The lowest BCUT2D eigenvalue weighted by atomic mass is 9.86. The summed E-state index contributed by atoms with van der Waals surface area (Å²) in [5.41, 5.74) is 1.11. The van der Waals surface area contributed by atoms with Crippen molar-refractivity contribution in [2.75, 3.05) is 26.8 Å². The van der Waals surface area contributed by atoms with Crippen molar-refractivity contribution in [2.24, 2.45) is 0 Å². The molecule has 18 heavy (non-hydrogen) atoms. The molecule has 1 saturated heterocycles. The second-order valence-corrected chi connectivity index (χ2v) is 5.85. The third-order valence-corrected chi connectivity index (χ3v) is 5.11. The normalized spacial score (nSPS) is 21.6. The fraction of sp³-hybridized carbons (Fsp3) is 0.615. The summed E-state index contributed by atoms with van der Waals surface area (Å²) in [7, 11) is 1.43. The molecular weight excluding hydrogens is 250 g/mol. The molecular formula is C13H17NO3S. The van der Waals surface area contributed by atoms with Crippen molar-refractivity contribution >= 4 is 17.3 Å². The molecule has 0 unspecified atom stereocenters. The summed E-state index contributed by atoms with van der Waals surface area (Å²) in [5.74, 6) is -0.238. The summed E-state index contributed by atoms with van der Waals surface area (Å²) < 4.78 is 10.9. The van der Waals surface area contributed by atoms with Crippen molar-refractivity contribution in [3.05, 3.63) is 21.4 Å². The maximum Gasteiger partial charge on any atom is 0.348 e. The Balaban J connectivity index is 1.99. The number of esters is 1. The number of methoxy groups -OCH3 is 1. The van der Waals surface area contributed by atoms with Gasteiger partial charge in [-0.2, -0.15) is 0 Å². The predicted molar refractivity (Wildman–Crippen MR) is 69.1 cm³/mol. The molecule has 0 aromatic carbocycles. The second kappa shape index (κ2) is 4.64. The highest BCUT2D eigenvalue weighted by Crippen LogP contribution is 2.44. The van der Waals surface area contributed by atoms with Gasteiger partial charge in [0.05, 0.1) is 13.7 Å². The third kappa shape index (κ3) is 1.86. The molecule has 5 heteroatoms. The summed E-state index contributed by atoms with van der Waals surface area (Å²) in [6, 6.07) is 1.98. The first kappa shape index (κ1) is 12.1. The number of hydrogen-bond acceptors (Lipinski definition) is 5. The molecule has 3 heterocycles. The van der Waals surface area contributed by atoms with Crippen LogP contribution in [-0.4, -0.2) is 32.8 Å². The van der Waals surface area contributed by atoms with Gasteiger partial charge in [-0.05, 0) is 44.0 Å². The van der Waals surface area contributed by atoms with Crippen LogP contribution in [0, 0.1) is 0 Å². The molecule has 0 bridgehead atoms. The van der Waals surface area contributed by atoms with Gasteiger partial charge in [0.1, 0.15) is 10.5 Å². The lowest BCUT2D eigenvalue weighted by Gasteiger charge is -2.40. The SMILES string of the molecule is COC(=O)c1cc2c(s1)C1(CCNCC1)OCC2. The van der Waals surface area contributed by atoms with Crippen molar-refractivity contribution in [1.29, 1.82) is 0 Å². The maximum absolute atomic E-state index is 11.6. The number of piperidine rings is 1. The van der Waals surface area contributed by atoms with Crippen LogP contribution >= 0.6 is 11.3 Å². The quantitative estimate of drug-likeness (QED) is 0.787. The number of nitrogens with one attached hydrogen (secondary N) is 1. The number of rotatable bonds is 1. The number of fused-ring (bicyclic) bond motifs is 2. The number of thiophene rings is 1. The van der Waals surface area contributed by atoms with E-state index in [2.05, 4.69) is 5.32 Å². The van der Waals surface area contributed by atoms with Gasteiger partial charge in [-0.15, -0.1) is 11.3 Å². The lowest BCUT2D eigenvalue weighted by Crippen LogP contribution is -2.43. The van der Waals surface area contributed by atoms with Gasteiger partial charge < -0.3 is 14.8 Å². The van der Waals surface area contributed by atoms with Crippen LogP contribution in [0.4, 0.5) is 0 Å². The molecule has 3 rings (SSSR count). The van der Waals surface area contributed by atoms with E-state index in [-0.39, 0.29) is 11.6 Å². The molecule has 0 radical (unpaired) electrons. The average molecular weight is 267 g/mol. The van der Waals surface area contributed by atoms with Crippen LogP contribution in [0.15, 0.2) is 6.07 Å². The topological polar surface area (TPSA) is 47.6 Å². The fourth-order valence-corrected chi connectivity index (χ4v) is 4.15. The molecule has 2 aliphatic heterocycles. The van der Waals surface area contributed by atoms with Crippen LogP contribution in [0.3, 0.4) is 0 Å². The van der Waals surface area contributed by atoms with Crippen molar-refractivity contribution in [3.8, 4) is 0 Å². The van der Waals surface area contributed by atoms with Crippen LogP contribution in [0.2, 0.25) is 0 Å². The molecule has 1 aromatic rings. The van der Waals surface area contributed by atoms with Gasteiger partial charge in [-0.1, -0.05) is 0 Å². The smallest absolute Gasteiger partial charge is 0.348 e. The largest absolute Gasteiger partial charge is 0.465 e. The summed E-state index contributed by atoms with van der Waals surface area (Å²) in [6.45, 7) is 2.71. The van der Waals surface area contributed by atoms with Crippen molar-refractivity contribution in [1.82, 2.24) is 5.32 Å². The van der Waals surface area contributed by atoms with Crippen molar-refractivity contribution in [2.45, 2.75) is 24.9 Å². The molecule has 1 aromatic heterocycles. The van der Waals surface area contributed by atoms with E-state index in [1.54, 1.807) is 11.3 Å². The Morgan fingerprint density at radius 2 is 2.28 bits per heavy atom. The van der Waals surface area contributed by atoms with Gasteiger partial charge in [0, 0.05) is 4.88 Å². The van der Waals surface area contributed by atoms with E-state index in [9.17, 15) is 4.79 Å². The molecule has 98 valence electrons. The molecule has 2 aliphatic rings. The van der Waals surface area contributed by atoms with Gasteiger partial charge >= 0.3 is 5.97 Å². The summed E-state index contributed by atoms with van der Waals surface area (Å²) in [5, 5.41) is 3.36. The van der Waals surface area contributed by atoms with Crippen LogP contribution in [0.25, 0.3) is 0 Å². The molecule has 1 spiro atoms. The molecule has 0 saturated carbocycles. The number of carbonyl (C=O) groups is 1. The summed E-state index contributed by atoms with van der Waals surface area (Å²) in [4.78, 5) is 13.6.